The standard InChI is InChI=1S/C29H29N3O2/c1-6-32-27(33)25(19(2)26(16-30)28(32)34)15-24-14-23(29(3,4)5)18-31(24)17-20-11-12-21-9-7-8-10-22(21)13-20/h7-15,18H,6,17H2,1-5H3/b25-15+. The first-order valence-corrected chi connectivity index (χ1v) is 11.5. The van der Waals surface area contributed by atoms with Crippen LogP contribution < -0.4 is 0 Å². The second-order valence-electron chi connectivity index (χ2n) is 9.74. The van der Waals surface area contributed by atoms with E-state index in [1.807, 2.05) is 24.3 Å². The summed E-state index contributed by atoms with van der Waals surface area (Å²) in [6.07, 6.45) is 3.95. The fourth-order valence-corrected chi connectivity index (χ4v) is 4.29. The van der Waals surface area contributed by atoms with Gasteiger partial charge in [-0.25, -0.2) is 0 Å². The molecule has 0 aliphatic carbocycles. The monoisotopic (exact) mass is 451 g/mol. The van der Waals surface area contributed by atoms with Gasteiger partial charge in [0.15, 0.2) is 0 Å². The Bertz CT molecular complexity index is 1410. The summed E-state index contributed by atoms with van der Waals surface area (Å²) in [6.45, 7) is 10.7. The summed E-state index contributed by atoms with van der Waals surface area (Å²) in [7, 11) is 0. The van der Waals surface area contributed by atoms with Crippen LogP contribution >= 0.6 is 0 Å². The molecule has 4 rings (SSSR count). The lowest BCUT2D eigenvalue weighted by atomic mass is 9.89. The van der Waals surface area contributed by atoms with Crippen LogP contribution in [0.25, 0.3) is 16.8 Å². The highest BCUT2D eigenvalue weighted by Gasteiger charge is 2.34. The predicted octanol–water partition coefficient (Wildman–Crippen LogP) is 5.60. The van der Waals surface area contributed by atoms with Crippen molar-refractivity contribution in [3.05, 3.63) is 88.3 Å². The maximum Gasteiger partial charge on any atom is 0.271 e. The summed E-state index contributed by atoms with van der Waals surface area (Å²) in [4.78, 5) is 26.8. The fourth-order valence-electron chi connectivity index (χ4n) is 4.29. The van der Waals surface area contributed by atoms with Crippen LogP contribution in [0.15, 0.2) is 71.4 Å². The molecule has 0 saturated heterocycles. The van der Waals surface area contributed by atoms with Crippen molar-refractivity contribution in [2.75, 3.05) is 6.54 Å². The van der Waals surface area contributed by atoms with Gasteiger partial charge in [0.05, 0.1) is 0 Å². The molecule has 0 atom stereocenters. The average molecular weight is 452 g/mol. The zero-order valence-electron chi connectivity index (χ0n) is 20.3. The average Bonchev–Trinajstić information content (AvgIpc) is 3.20. The lowest BCUT2D eigenvalue weighted by Gasteiger charge is -2.26. The Morgan fingerprint density at radius 2 is 1.71 bits per heavy atom. The Morgan fingerprint density at radius 1 is 1.00 bits per heavy atom. The predicted molar refractivity (Wildman–Crippen MR) is 135 cm³/mol. The molecule has 0 unspecified atom stereocenters. The largest absolute Gasteiger partial charge is 0.343 e. The number of nitrogens with zero attached hydrogens (tertiary/aromatic N) is 3. The third-order valence-corrected chi connectivity index (χ3v) is 6.40. The molecule has 5 nitrogen and oxygen atoms in total. The van der Waals surface area contributed by atoms with E-state index in [4.69, 9.17) is 0 Å². The minimum Gasteiger partial charge on any atom is -0.343 e. The molecule has 1 aliphatic rings. The molecule has 2 heterocycles. The second-order valence-corrected chi connectivity index (χ2v) is 9.74. The van der Waals surface area contributed by atoms with Gasteiger partial charge in [-0.15, -0.1) is 0 Å². The number of aromatic nitrogens is 1. The number of fused-ring (bicyclic) bond motifs is 1. The summed E-state index contributed by atoms with van der Waals surface area (Å²) < 4.78 is 2.14. The summed E-state index contributed by atoms with van der Waals surface area (Å²) in [6, 6.07) is 18.8. The molecule has 172 valence electrons. The number of amides is 2. The Hall–Kier alpha value is -3.91. The van der Waals surface area contributed by atoms with E-state index in [-0.39, 0.29) is 23.4 Å². The highest BCUT2D eigenvalue weighted by atomic mass is 16.2. The van der Waals surface area contributed by atoms with Crippen LogP contribution in [0, 0.1) is 11.3 Å². The zero-order chi connectivity index (χ0) is 24.6. The normalized spacial score (nSPS) is 16.0. The van der Waals surface area contributed by atoms with Crippen LogP contribution in [0.3, 0.4) is 0 Å². The van der Waals surface area contributed by atoms with E-state index in [1.54, 1.807) is 13.8 Å². The van der Waals surface area contributed by atoms with Crippen molar-refractivity contribution in [1.29, 1.82) is 5.26 Å². The van der Waals surface area contributed by atoms with Crippen molar-refractivity contribution in [3.8, 4) is 6.07 Å². The Labute approximate surface area is 200 Å². The van der Waals surface area contributed by atoms with E-state index in [2.05, 4.69) is 67.9 Å². The number of imide groups is 1. The van der Waals surface area contributed by atoms with Gasteiger partial charge >= 0.3 is 0 Å². The number of nitriles is 1. The van der Waals surface area contributed by atoms with Gasteiger partial charge in [0.25, 0.3) is 11.8 Å². The summed E-state index contributed by atoms with van der Waals surface area (Å²) in [5.41, 5.74) is 3.93. The van der Waals surface area contributed by atoms with Crippen molar-refractivity contribution in [3.63, 3.8) is 0 Å². The molecule has 0 fully saturated rings. The summed E-state index contributed by atoms with van der Waals surface area (Å²) in [5.74, 6) is -0.883. The first-order chi connectivity index (χ1) is 16.1. The van der Waals surface area contributed by atoms with Crippen LogP contribution in [-0.2, 0) is 21.5 Å². The third kappa shape index (κ3) is 4.20. The SMILES string of the molecule is CCN1C(=O)C(C#N)=C(C)/C(=C\c2cc(C(C)(C)C)cn2Cc2ccc3ccccc3c2)C1=O. The Kier molecular flexibility index (Phi) is 6.01. The van der Waals surface area contributed by atoms with Crippen molar-refractivity contribution in [2.45, 2.75) is 46.6 Å². The maximum absolute atomic E-state index is 13.1. The van der Waals surface area contributed by atoms with Crippen LogP contribution in [0.4, 0.5) is 0 Å². The van der Waals surface area contributed by atoms with E-state index >= 15 is 0 Å². The highest BCUT2D eigenvalue weighted by Crippen LogP contribution is 2.30. The van der Waals surface area contributed by atoms with Gasteiger partial charge in [-0.05, 0) is 64.9 Å². The van der Waals surface area contributed by atoms with Crippen molar-refractivity contribution in [2.24, 2.45) is 0 Å². The van der Waals surface area contributed by atoms with Crippen LogP contribution in [0.1, 0.15) is 51.4 Å². The zero-order valence-corrected chi connectivity index (χ0v) is 20.3. The minimum absolute atomic E-state index is 0.0244. The molecule has 0 saturated carbocycles. The maximum atomic E-state index is 13.1. The van der Waals surface area contributed by atoms with E-state index in [0.717, 1.165) is 21.7 Å². The van der Waals surface area contributed by atoms with Gasteiger partial charge in [0, 0.05) is 30.6 Å². The molecule has 5 heteroatoms. The molecule has 2 amide bonds. The van der Waals surface area contributed by atoms with Crippen LogP contribution in [0.2, 0.25) is 0 Å². The number of carbonyl (C=O) groups is 2. The van der Waals surface area contributed by atoms with Crippen LogP contribution in [0.5, 0.6) is 0 Å². The molecule has 1 aromatic heterocycles. The molecule has 0 bridgehead atoms. The lowest BCUT2D eigenvalue weighted by molar-refractivity contribution is -0.140. The number of hydrogen-bond acceptors (Lipinski definition) is 3. The van der Waals surface area contributed by atoms with Crippen LogP contribution in [-0.4, -0.2) is 27.8 Å². The summed E-state index contributed by atoms with van der Waals surface area (Å²) in [5, 5.41) is 11.9. The minimum atomic E-state index is -0.522. The van der Waals surface area contributed by atoms with E-state index in [1.165, 1.54) is 10.8 Å². The third-order valence-electron chi connectivity index (χ3n) is 6.40. The molecule has 34 heavy (non-hydrogen) atoms. The topological polar surface area (TPSA) is 66.1 Å². The van der Waals surface area contributed by atoms with Crippen molar-refractivity contribution < 1.29 is 9.59 Å². The lowest BCUT2D eigenvalue weighted by Crippen LogP contribution is -2.42. The first-order valence-electron chi connectivity index (χ1n) is 11.5. The molecule has 0 N–H and O–H groups in total. The van der Waals surface area contributed by atoms with Gasteiger partial charge in [0.1, 0.15) is 11.6 Å². The number of carbonyl (C=O) groups excluding carboxylic acids is 2. The highest BCUT2D eigenvalue weighted by molar-refractivity contribution is 6.19. The van der Waals surface area contributed by atoms with Gasteiger partial charge < -0.3 is 4.57 Å². The molecular formula is C29H29N3O2. The molecule has 3 aromatic rings. The van der Waals surface area contributed by atoms with Gasteiger partial charge in [0.2, 0.25) is 0 Å². The molecule has 0 spiro atoms. The Morgan fingerprint density at radius 3 is 2.35 bits per heavy atom. The van der Waals surface area contributed by atoms with Gasteiger partial charge in [-0.1, -0.05) is 57.2 Å². The molecular weight excluding hydrogens is 422 g/mol. The smallest absolute Gasteiger partial charge is 0.271 e. The summed E-state index contributed by atoms with van der Waals surface area (Å²) >= 11 is 0. The Balaban J connectivity index is 1.84. The number of rotatable bonds is 4. The number of hydrogen-bond donors (Lipinski definition) is 0. The van der Waals surface area contributed by atoms with Gasteiger partial charge in [-0.3, -0.25) is 14.5 Å². The second kappa shape index (κ2) is 8.79. The fraction of sp³-hybridized carbons (Fsp3) is 0.276. The van der Waals surface area contributed by atoms with E-state index in [0.29, 0.717) is 17.7 Å². The molecule has 0 radical (unpaired) electrons. The van der Waals surface area contributed by atoms with E-state index in [9.17, 15) is 14.9 Å². The number of likely N-dealkylation sites (N-methyl/N-ethyl adjacent to an activating group) is 1. The van der Waals surface area contributed by atoms with Gasteiger partial charge in [-0.2, -0.15) is 5.26 Å². The van der Waals surface area contributed by atoms with Crippen molar-refractivity contribution in [1.82, 2.24) is 9.47 Å². The quantitative estimate of drug-likeness (QED) is 0.383. The molecule has 1 aliphatic heterocycles. The number of benzene rings is 2. The van der Waals surface area contributed by atoms with Crippen molar-refractivity contribution >= 4 is 28.7 Å². The first kappa shape index (κ1) is 23.3. The molecule has 2 aromatic carbocycles. The van der Waals surface area contributed by atoms with E-state index < -0.39 is 5.91 Å².